The molecule has 0 spiro atoms. The van der Waals surface area contributed by atoms with Crippen LogP contribution in [-0.2, 0) is 16.8 Å². The van der Waals surface area contributed by atoms with Crippen molar-refractivity contribution in [2.24, 2.45) is 0 Å². The van der Waals surface area contributed by atoms with Crippen molar-refractivity contribution in [3.63, 3.8) is 0 Å². The molecule has 0 aliphatic heterocycles. The fraction of sp³-hybridized carbons (Fsp3) is 0.500. The second-order valence-electron chi connectivity index (χ2n) is 5.95. The van der Waals surface area contributed by atoms with Gasteiger partial charge >= 0.3 is 0 Å². The van der Waals surface area contributed by atoms with Gasteiger partial charge in [0.05, 0.1) is 6.54 Å². The Bertz CT molecular complexity index is 590. The van der Waals surface area contributed by atoms with Crippen LogP contribution in [0.15, 0.2) is 36.7 Å². The van der Waals surface area contributed by atoms with E-state index in [0.717, 1.165) is 12.8 Å². The molecule has 1 heterocycles. The number of hydrogen-bond donors (Lipinski definition) is 1. The van der Waals surface area contributed by atoms with Gasteiger partial charge in [-0.05, 0) is 28.8 Å². The Labute approximate surface area is 129 Å². The number of aryl methyl sites for hydroxylation is 1. The van der Waals surface area contributed by atoms with Crippen molar-refractivity contribution in [2.45, 2.75) is 44.1 Å². The van der Waals surface area contributed by atoms with Gasteiger partial charge in [0.2, 0.25) is 5.91 Å². The normalized spacial score (nSPS) is 16.5. The van der Waals surface area contributed by atoms with Gasteiger partial charge in [0.1, 0.15) is 6.33 Å². The van der Waals surface area contributed by atoms with Crippen molar-refractivity contribution in [2.75, 3.05) is 6.54 Å². The van der Waals surface area contributed by atoms with Crippen molar-refractivity contribution >= 4 is 5.91 Å². The van der Waals surface area contributed by atoms with Crippen LogP contribution in [0.25, 0.3) is 0 Å². The molecule has 6 heteroatoms. The number of nitrogens with zero attached hydrogens (tertiary/aromatic N) is 4. The molecule has 0 radical (unpaired) electrons. The molecule has 0 unspecified atom stereocenters. The average Bonchev–Trinajstić information content (AvgIpc) is 3.24. The first-order chi connectivity index (χ1) is 10.8. The largest absolute Gasteiger partial charge is 0.355 e. The molecule has 1 aliphatic rings. The van der Waals surface area contributed by atoms with E-state index in [9.17, 15) is 4.79 Å². The summed E-state index contributed by atoms with van der Waals surface area (Å²) in [6, 6.07) is 10.6. The molecule has 6 nitrogen and oxygen atoms in total. The number of rotatable bonds is 6. The lowest BCUT2D eigenvalue weighted by atomic mass is 9.79. The van der Waals surface area contributed by atoms with Crippen LogP contribution in [0.3, 0.4) is 0 Å². The lowest BCUT2D eigenvalue weighted by Crippen LogP contribution is -2.39. The number of aromatic nitrogens is 4. The Morgan fingerprint density at radius 1 is 1.23 bits per heavy atom. The van der Waals surface area contributed by atoms with E-state index in [0.29, 0.717) is 19.5 Å². The van der Waals surface area contributed by atoms with Crippen LogP contribution >= 0.6 is 0 Å². The van der Waals surface area contributed by atoms with Crippen LogP contribution in [0.5, 0.6) is 0 Å². The SMILES string of the molecule is O=C(CCn1cnnn1)NCC1(c2ccccc2)CCCC1. The maximum absolute atomic E-state index is 12.1. The van der Waals surface area contributed by atoms with E-state index in [4.69, 9.17) is 0 Å². The van der Waals surface area contributed by atoms with Gasteiger partial charge in [-0.25, -0.2) is 4.68 Å². The summed E-state index contributed by atoms with van der Waals surface area (Å²) >= 11 is 0. The Balaban J connectivity index is 1.57. The van der Waals surface area contributed by atoms with Crippen molar-refractivity contribution in [3.8, 4) is 0 Å². The van der Waals surface area contributed by atoms with E-state index in [1.165, 1.54) is 24.7 Å². The fourth-order valence-electron chi connectivity index (χ4n) is 3.27. The fourth-order valence-corrected chi connectivity index (χ4v) is 3.27. The van der Waals surface area contributed by atoms with Gasteiger partial charge in [-0.15, -0.1) is 5.10 Å². The standard InChI is InChI=1S/C16H21N5O/c22-15(8-11-21-13-18-19-20-21)17-12-16(9-4-5-10-16)14-6-2-1-3-7-14/h1-3,6-7,13H,4-5,8-12H2,(H,17,22). The predicted octanol–water partition coefficient (Wildman–Crippen LogP) is 1.69. The van der Waals surface area contributed by atoms with Gasteiger partial charge in [0.25, 0.3) is 0 Å². The van der Waals surface area contributed by atoms with Crippen molar-refractivity contribution < 1.29 is 4.79 Å². The monoisotopic (exact) mass is 299 g/mol. The second kappa shape index (κ2) is 6.68. The maximum atomic E-state index is 12.1. The molecule has 1 aromatic carbocycles. The predicted molar refractivity (Wildman–Crippen MR) is 82.0 cm³/mol. The van der Waals surface area contributed by atoms with E-state index in [1.807, 2.05) is 6.07 Å². The lowest BCUT2D eigenvalue weighted by Gasteiger charge is -2.30. The second-order valence-corrected chi connectivity index (χ2v) is 5.95. The number of nitrogens with one attached hydrogen (secondary N) is 1. The molecule has 1 aliphatic carbocycles. The zero-order valence-corrected chi connectivity index (χ0v) is 12.6. The van der Waals surface area contributed by atoms with E-state index < -0.39 is 0 Å². The number of carbonyl (C=O) groups is 1. The highest BCUT2D eigenvalue weighted by molar-refractivity contribution is 5.75. The maximum Gasteiger partial charge on any atom is 0.221 e. The molecule has 0 atom stereocenters. The van der Waals surface area contributed by atoms with Crippen LogP contribution < -0.4 is 5.32 Å². The molecule has 22 heavy (non-hydrogen) atoms. The summed E-state index contributed by atoms with van der Waals surface area (Å²) in [7, 11) is 0. The first-order valence-corrected chi connectivity index (χ1v) is 7.82. The van der Waals surface area contributed by atoms with Crippen LogP contribution in [0.2, 0.25) is 0 Å². The van der Waals surface area contributed by atoms with Crippen molar-refractivity contribution in [1.82, 2.24) is 25.5 Å². The lowest BCUT2D eigenvalue weighted by molar-refractivity contribution is -0.121. The van der Waals surface area contributed by atoms with Gasteiger partial charge < -0.3 is 5.32 Å². The summed E-state index contributed by atoms with van der Waals surface area (Å²) in [4.78, 5) is 12.1. The molecule has 3 rings (SSSR count). The molecule has 0 saturated heterocycles. The molecule has 2 aromatic rings. The minimum Gasteiger partial charge on any atom is -0.355 e. The number of benzene rings is 1. The Morgan fingerprint density at radius 2 is 2.00 bits per heavy atom. The topological polar surface area (TPSA) is 72.7 Å². The van der Waals surface area contributed by atoms with Gasteiger partial charge in [-0.1, -0.05) is 43.2 Å². The Kier molecular flexibility index (Phi) is 4.46. The molecule has 0 bridgehead atoms. The van der Waals surface area contributed by atoms with Gasteiger partial charge in [0.15, 0.2) is 0 Å². The first-order valence-electron chi connectivity index (χ1n) is 7.82. The third-order valence-electron chi connectivity index (χ3n) is 4.53. The summed E-state index contributed by atoms with van der Waals surface area (Å²) in [5.74, 6) is 0.0534. The summed E-state index contributed by atoms with van der Waals surface area (Å²) in [5, 5.41) is 14.0. The molecule has 1 amide bonds. The van der Waals surface area contributed by atoms with Crippen LogP contribution in [0, 0.1) is 0 Å². The number of carbonyl (C=O) groups excluding carboxylic acids is 1. The summed E-state index contributed by atoms with van der Waals surface area (Å²) in [5.41, 5.74) is 1.44. The summed E-state index contributed by atoms with van der Waals surface area (Å²) in [6.07, 6.45) is 6.67. The van der Waals surface area contributed by atoms with E-state index >= 15 is 0 Å². The zero-order chi connectivity index (χ0) is 15.3. The van der Waals surface area contributed by atoms with Gasteiger partial charge in [-0.2, -0.15) is 0 Å². The number of tetrazole rings is 1. The third-order valence-corrected chi connectivity index (χ3v) is 4.53. The zero-order valence-electron chi connectivity index (χ0n) is 12.6. The minimum atomic E-state index is 0.0534. The average molecular weight is 299 g/mol. The molecule has 116 valence electrons. The van der Waals surface area contributed by atoms with Gasteiger partial charge in [0, 0.05) is 18.4 Å². The molecule has 1 saturated carbocycles. The van der Waals surface area contributed by atoms with E-state index in [1.54, 1.807) is 4.68 Å². The molecular weight excluding hydrogens is 278 g/mol. The molecule has 1 fully saturated rings. The van der Waals surface area contributed by atoms with Gasteiger partial charge in [-0.3, -0.25) is 4.79 Å². The van der Waals surface area contributed by atoms with Crippen LogP contribution in [-0.4, -0.2) is 32.7 Å². The quantitative estimate of drug-likeness (QED) is 0.881. The number of hydrogen-bond acceptors (Lipinski definition) is 4. The van der Waals surface area contributed by atoms with E-state index in [2.05, 4.69) is 45.1 Å². The Hall–Kier alpha value is -2.24. The van der Waals surface area contributed by atoms with Crippen LogP contribution in [0.4, 0.5) is 0 Å². The minimum absolute atomic E-state index is 0.0534. The van der Waals surface area contributed by atoms with Crippen molar-refractivity contribution in [1.29, 1.82) is 0 Å². The first kappa shape index (κ1) is 14.7. The van der Waals surface area contributed by atoms with E-state index in [-0.39, 0.29) is 11.3 Å². The number of amides is 1. The molecule has 1 N–H and O–H groups in total. The highest BCUT2D eigenvalue weighted by Crippen LogP contribution is 2.40. The molecule has 1 aromatic heterocycles. The molecular formula is C16H21N5O. The van der Waals surface area contributed by atoms with Crippen LogP contribution in [0.1, 0.15) is 37.7 Å². The highest BCUT2D eigenvalue weighted by Gasteiger charge is 2.35. The highest BCUT2D eigenvalue weighted by atomic mass is 16.1. The third kappa shape index (κ3) is 3.32. The smallest absolute Gasteiger partial charge is 0.221 e. The van der Waals surface area contributed by atoms with Crippen molar-refractivity contribution in [3.05, 3.63) is 42.2 Å². The summed E-state index contributed by atoms with van der Waals surface area (Å²) < 4.78 is 1.57. The Morgan fingerprint density at radius 3 is 2.68 bits per heavy atom. The summed E-state index contributed by atoms with van der Waals surface area (Å²) in [6.45, 7) is 1.22.